The van der Waals surface area contributed by atoms with E-state index in [1.807, 2.05) is 24.3 Å². The molecule has 1 unspecified atom stereocenters. The van der Waals surface area contributed by atoms with Crippen molar-refractivity contribution in [2.24, 2.45) is 11.1 Å². The van der Waals surface area contributed by atoms with Gasteiger partial charge < -0.3 is 11.1 Å². The molecule has 210 valence electrons. The number of Topliss-reactive ketones (excluding diaryl/α,β-unsaturated/α-hetero) is 1. The number of nitrogens with one attached hydrogen (secondary N) is 1. The highest BCUT2D eigenvalue weighted by atomic mass is 32.2. The number of benzene rings is 1. The Kier molecular flexibility index (Phi) is 8.34. The third-order valence-electron chi connectivity index (χ3n) is 7.99. The van der Waals surface area contributed by atoms with Crippen LogP contribution in [0.3, 0.4) is 0 Å². The van der Waals surface area contributed by atoms with E-state index in [0.717, 1.165) is 43.4 Å². The maximum absolute atomic E-state index is 13.7. The highest BCUT2D eigenvalue weighted by Gasteiger charge is 2.45. The van der Waals surface area contributed by atoms with Crippen LogP contribution in [0.5, 0.6) is 0 Å². The first-order valence-corrected chi connectivity index (χ1v) is 15.8. The van der Waals surface area contributed by atoms with E-state index >= 15 is 0 Å². The van der Waals surface area contributed by atoms with E-state index in [1.54, 1.807) is 4.90 Å². The lowest BCUT2D eigenvalue weighted by Crippen LogP contribution is -2.42. The van der Waals surface area contributed by atoms with Gasteiger partial charge in [-0.15, -0.1) is 10.2 Å². The van der Waals surface area contributed by atoms with E-state index in [-0.39, 0.29) is 34.7 Å². The Morgan fingerprint density at radius 1 is 1.20 bits per heavy atom. The Bertz CT molecular complexity index is 1400. The molecule has 1 saturated carbocycles. The summed E-state index contributed by atoms with van der Waals surface area (Å²) < 4.78 is 0.640. The molecule has 1 atom stereocenters. The molecule has 2 aliphatic carbocycles. The second-order valence-electron chi connectivity index (χ2n) is 11.6. The summed E-state index contributed by atoms with van der Waals surface area (Å²) in [4.78, 5) is 28.0. The number of allylic oxidation sites excluding steroid dienone is 3. The molecule has 2 heterocycles. The predicted octanol–water partition coefficient (Wildman–Crippen LogP) is 5.58. The quantitative estimate of drug-likeness (QED) is 0.409. The van der Waals surface area contributed by atoms with Crippen molar-refractivity contribution in [2.75, 3.05) is 10.7 Å². The number of amides is 1. The van der Waals surface area contributed by atoms with Crippen molar-refractivity contribution in [1.29, 1.82) is 5.26 Å². The number of nitrogens with two attached hydrogens (primary N) is 1. The average Bonchev–Trinajstić information content (AvgIpc) is 3.39. The van der Waals surface area contributed by atoms with Crippen LogP contribution in [0, 0.1) is 16.7 Å². The summed E-state index contributed by atoms with van der Waals surface area (Å²) in [7, 11) is 0. The van der Waals surface area contributed by atoms with Crippen molar-refractivity contribution < 1.29 is 9.59 Å². The third kappa shape index (κ3) is 5.81. The number of hydrogen-bond acceptors (Lipinski definition) is 9. The molecule has 1 aromatic heterocycles. The number of aromatic nitrogens is 2. The van der Waals surface area contributed by atoms with E-state index in [1.165, 1.54) is 35.1 Å². The van der Waals surface area contributed by atoms with Crippen molar-refractivity contribution in [3.05, 3.63) is 58.1 Å². The van der Waals surface area contributed by atoms with Crippen LogP contribution in [0.1, 0.15) is 82.8 Å². The molecule has 0 bridgehead atoms. The number of nitriles is 1. The minimum atomic E-state index is -0.518. The summed E-state index contributed by atoms with van der Waals surface area (Å²) in [5.41, 5.74) is 10.3. The Labute approximate surface area is 244 Å². The number of thioether (sulfide) groups is 1. The number of carbonyl (C=O) groups excluding carboxylic acids is 2. The van der Waals surface area contributed by atoms with Crippen molar-refractivity contribution in [1.82, 2.24) is 15.5 Å². The zero-order valence-corrected chi connectivity index (χ0v) is 25.0. The summed E-state index contributed by atoms with van der Waals surface area (Å²) >= 11 is 2.66. The summed E-state index contributed by atoms with van der Waals surface area (Å²) in [5.74, 6) is 0.0452. The molecule has 40 heavy (non-hydrogen) atoms. The van der Waals surface area contributed by atoms with Gasteiger partial charge in [0.1, 0.15) is 5.82 Å². The maximum atomic E-state index is 13.7. The highest BCUT2D eigenvalue weighted by Crippen LogP contribution is 2.50. The van der Waals surface area contributed by atoms with Crippen molar-refractivity contribution in [2.45, 2.75) is 88.4 Å². The molecule has 8 nitrogen and oxygen atoms in total. The zero-order chi connectivity index (χ0) is 28.4. The molecule has 1 aromatic carbocycles. The fourth-order valence-corrected chi connectivity index (χ4v) is 7.69. The molecule has 1 amide bonds. The highest BCUT2D eigenvalue weighted by molar-refractivity contribution is 8.01. The number of carbonyl (C=O) groups is 2. The minimum Gasteiger partial charge on any atom is -0.384 e. The van der Waals surface area contributed by atoms with Crippen LogP contribution in [0.4, 0.5) is 5.13 Å². The summed E-state index contributed by atoms with van der Waals surface area (Å²) in [6.45, 7) is 6.24. The SMILES string of the molecule is CCc1ccc(C2C(C#N)=C(N)N(c3nnc(SCC(=O)NC4CCCCC4)s3)C3=C2C(=O)CC(C)(C)C3)cc1. The van der Waals surface area contributed by atoms with E-state index in [9.17, 15) is 14.9 Å². The van der Waals surface area contributed by atoms with E-state index in [0.29, 0.717) is 33.5 Å². The van der Waals surface area contributed by atoms with Gasteiger partial charge in [-0.25, -0.2) is 0 Å². The molecular weight excluding hydrogens is 541 g/mol. The lowest BCUT2D eigenvalue weighted by Gasteiger charge is -2.42. The molecule has 0 spiro atoms. The molecule has 3 N–H and O–H groups in total. The van der Waals surface area contributed by atoms with Crippen molar-refractivity contribution >= 4 is 39.9 Å². The topological polar surface area (TPSA) is 125 Å². The maximum Gasteiger partial charge on any atom is 0.230 e. The summed E-state index contributed by atoms with van der Waals surface area (Å²) in [6, 6.07) is 10.7. The fraction of sp³-hybridized carbons (Fsp3) is 0.500. The van der Waals surface area contributed by atoms with E-state index < -0.39 is 5.92 Å². The van der Waals surface area contributed by atoms with Crippen LogP contribution in [-0.4, -0.2) is 33.7 Å². The molecule has 0 radical (unpaired) electrons. The van der Waals surface area contributed by atoms with Crippen molar-refractivity contribution in [3.8, 4) is 6.07 Å². The van der Waals surface area contributed by atoms with Crippen LogP contribution in [0.2, 0.25) is 0 Å². The second kappa shape index (κ2) is 11.8. The third-order valence-corrected chi connectivity index (χ3v) is 10.0. The lowest BCUT2D eigenvalue weighted by molar-refractivity contribution is -0.119. The standard InChI is InChI=1S/C30H36N6O2S2/c1-4-18-10-12-19(13-11-18)25-21(16-31)27(32)36(22-14-30(2,3)15-23(37)26(22)25)28-34-35-29(40-28)39-17-24(38)33-20-8-6-5-7-9-20/h10-13,20,25H,4-9,14-15,17,32H2,1-3H3,(H,33,38). The molecule has 1 fully saturated rings. The van der Waals surface area contributed by atoms with Gasteiger partial charge in [0.25, 0.3) is 0 Å². The Balaban J connectivity index is 1.45. The molecule has 5 rings (SSSR count). The van der Waals surface area contributed by atoms with Gasteiger partial charge in [-0.05, 0) is 42.2 Å². The predicted molar refractivity (Wildman–Crippen MR) is 159 cm³/mol. The normalized spacial score (nSPS) is 21.3. The Morgan fingerprint density at radius 2 is 1.93 bits per heavy atom. The van der Waals surface area contributed by atoms with Gasteiger partial charge in [-0.2, -0.15) is 5.26 Å². The first kappa shape index (κ1) is 28.4. The van der Waals surface area contributed by atoms with Crippen LogP contribution in [0.15, 0.2) is 51.3 Å². The number of hydrogen-bond donors (Lipinski definition) is 2. The number of nitrogens with zero attached hydrogens (tertiary/aromatic N) is 4. The molecule has 2 aromatic rings. The first-order chi connectivity index (χ1) is 19.2. The monoisotopic (exact) mass is 576 g/mol. The Morgan fingerprint density at radius 3 is 2.60 bits per heavy atom. The van der Waals surface area contributed by atoms with Gasteiger partial charge in [-0.1, -0.05) is 87.4 Å². The summed E-state index contributed by atoms with van der Waals surface area (Å²) in [6.07, 6.45) is 7.56. The van der Waals surface area contributed by atoms with Crippen LogP contribution in [-0.2, 0) is 16.0 Å². The Hall–Kier alpha value is -3.16. The number of aryl methyl sites for hydroxylation is 1. The molecule has 1 aliphatic heterocycles. The van der Waals surface area contributed by atoms with Crippen LogP contribution in [0.25, 0.3) is 0 Å². The van der Waals surface area contributed by atoms with Gasteiger partial charge in [-0.3, -0.25) is 14.5 Å². The van der Waals surface area contributed by atoms with Crippen LogP contribution < -0.4 is 16.0 Å². The van der Waals surface area contributed by atoms with E-state index in [4.69, 9.17) is 5.73 Å². The van der Waals surface area contributed by atoms with Crippen molar-refractivity contribution in [3.63, 3.8) is 0 Å². The van der Waals surface area contributed by atoms with Gasteiger partial charge in [0.2, 0.25) is 11.0 Å². The molecule has 10 heteroatoms. The second-order valence-corrected chi connectivity index (χ2v) is 13.8. The number of rotatable bonds is 7. The van der Waals surface area contributed by atoms with E-state index in [2.05, 4.69) is 42.4 Å². The first-order valence-electron chi connectivity index (χ1n) is 14.0. The number of ketones is 1. The van der Waals surface area contributed by atoms with Gasteiger partial charge >= 0.3 is 0 Å². The molecular formula is C30H36N6O2S2. The van der Waals surface area contributed by atoms with Gasteiger partial charge in [0.05, 0.1) is 23.3 Å². The van der Waals surface area contributed by atoms with Gasteiger partial charge in [0, 0.05) is 23.7 Å². The van der Waals surface area contributed by atoms with Crippen LogP contribution >= 0.6 is 23.1 Å². The zero-order valence-electron chi connectivity index (χ0n) is 23.3. The fourth-order valence-electron chi connectivity index (χ4n) is 6.00. The lowest BCUT2D eigenvalue weighted by atomic mass is 9.68. The average molecular weight is 577 g/mol. The minimum absolute atomic E-state index is 0.000598. The van der Waals surface area contributed by atoms with Gasteiger partial charge in [0.15, 0.2) is 10.1 Å². The molecule has 0 saturated heterocycles. The smallest absolute Gasteiger partial charge is 0.230 e. The summed E-state index contributed by atoms with van der Waals surface area (Å²) in [5, 5.41) is 22.7. The molecule has 3 aliphatic rings. The number of anilines is 1. The largest absolute Gasteiger partial charge is 0.384 e.